The van der Waals surface area contributed by atoms with E-state index >= 15 is 4.39 Å². The molecule has 0 aliphatic carbocycles. The second-order valence-corrected chi connectivity index (χ2v) is 10.8. The van der Waals surface area contributed by atoms with E-state index in [2.05, 4.69) is 25.9 Å². The van der Waals surface area contributed by atoms with E-state index in [1.807, 2.05) is 23.9 Å². The number of carbonyl (C=O) groups is 1. The van der Waals surface area contributed by atoms with Crippen LogP contribution >= 0.6 is 20.1 Å². The average molecular weight is 595 g/mol. The van der Waals surface area contributed by atoms with Gasteiger partial charge in [0.1, 0.15) is 11.6 Å². The van der Waals surface area contributed by atoms with Gasteiger partial charge in [0, 0.05) is 71.1 Å². The number of imidazole rings is 1. The highest BCUT2D eigenvalue weighted by atomic mass is 32.1. The number of ether oxygens (including phenoxy) is 2. The summed E-state index contributed by atoms with van der Waals surface area (Å²) in [5.41, 5.74) is 2.51. The standard InChI is InChI=1S/C28H28FN6O4PS/c1-35-19(15-30-10-11-38-2)16-32-27(35)25-14-22-26(41-25)24(8-9-31-22)39-23-7-6-18(13-21(23)29)34-28(36)33-17-4-3-5-20(12-17)40-37/h3-9,12-14,16,30,37,40H,10-11,15H2,1-2H3,(H2,33,34,36). The van der Waals surface area contributed by atoms with Crippen LogP contribution in [0.3, 0.4) is 0 Å². The number of carbonyl (C=O) groups excluding carboxylic acids is 1. The molecule has 0 saturated heterocycles. The van der Waals surface area contributed by atoms with E-state index in [-0.39, 0.29) is 20.2 Å². The van der Waals surface area contributed by atoms with Gasteiger partial charge < -0.3 is 34.9 Å². The van der Waals surface area contributed by atoms with Crippen LogP contribution in [0, 0.1) is 5.82 Å². The minimum atomic E-state index is -0.636. The summed E-state index contributed by atoms with van der Waals surface area (Å²) < 4.78 is 28.8. The first kappa shape index (κ1) is 28.6. The number of anilines is 2. The van der Waals surface area contributed by atoms with Crippen molar-refractivity contribution in [3.63, 3.8) is 0 Å². The van der Waals surface area contributed by atoms with Gasteiger partial charge >= 0.3 is 6.03 Å². The second kappa shape index (κ2) is 13.2. The van der Waals surface area contributed by atoms with E-state index in [1.54, 1.807) is 49.7 Å². The predicted molar refractivity (Wildman–Crippen MR) is 161 cm³/mol. The maximum Gasteiger partial charge on any atom is 0.323 e. The topological polar surface area (TPSA) is 123 Å². The van der Waals surface area contributed by atoms with E-state index in [9.17, 15) is 9.69 Å². The Labute approximate surface area is 241 Å². The molecule has 0 bridgehead atoms. The van der Waals surface area contributed by atoms with E-state index in [1.165, 1.54) is 23.5 Å². The smallest absolute Gasteiger partial charge is 0.323 e. The summed E-state index contributed by atoms with van der Waals surface area (Å²) in [5.74, 6) is 0.633. The lowest BCUT2D eigenvalue weighted by Crippen LogP contribution is -2.20. The Kier molecular flexibility index (Phi) is 9.17. The lowest BCUT2D eigenvalue weighted by Gasteiger charge is -2.11. The van der Waals surface area contributed by atoms with Crippen LogP contribution in [-0.2, 0) is 18.3 Å². The quantitative estimate of drug-likeness (QED) is 0.122. The summed E-state index contributed by atoms with van der Waals surface area (Å²) in [7, 11) is 3.25. The first-order chi connectivity index (χ1) is 19.9. The number of nitrogens with zero attached hydrogens (tertiary/aromatic N) is 3. The van der Waals surface area contributed by atoms with Crippen molar-refractivity contribution < 1.29 is 23.6 Å². The molecule has 3 heterocycles. The largest absolute Gasteiger partial charge is 0.453 e. The molecule has 0 saturated carbocycles. The number of thiophene rings is 1. The first-order valence-electron chi connectivity index (χ1n) is 12.6. The fourth-order valence-electron chi connectivity index (χ4n) is 4.07. The third-order valence-electron chi connectivity index (χ3n) is 6.13. The molecular formula is C28H28FN6O4PS. The van der Waals surface area contributed by atoms with Gasteiger partial charge in [0.25, 0.3) is 0 Å². The third-order valence-corrected chi connectivity index (χ3v) is 7.83. The van der Waals surface area contributed by atoms with Gasteiger partial charge in [0.05, 0.1) is 33.6 Å². The van der Waals surface area contributed by atoms with Gasteiger partial charge in [-0.15, -0.1) is 11.3 Å². The first-order valence-corrected chi connectivity index (χ1v) is 14.4. The highest BCUT2D eigenvalue weighted by Crippen LogP contribution is 2.39. The monoisotopic (exact) mass is 594 g/mol. The summed E-state index contributed by atoms with van der Waals surface area (Å²) in [5, 5.41) is 9.28. The van der Waals surface area contributed by atoms with Gasteiger partial charge in [0.15, 0.2) is 11.6 Å². The Bertz CT molecular complexity index is 1680. The Hall–Kier alpha value is -3.93. The maximum absolute atomic E-state index is 15.0. The fraction of sp³-hybridized carbons (Fsp3) is 0.179. The number of fused-ring (bicyclic) bond motifs is 1. The van der Waals surface area contributed by atoms with Crippen LogP contribution < -0.4 is 26.0 Å². The zero-order valence-corrected chi connectivity index (χ0v) is 24.1. The van der Waals surface area contributed by atoms with E-state index in [4.69, 9.17) is 9.47 Å². The highest BCUT2D eigenvalue weighted by molar-refractivity contribution is 7.40. The molecule has 41 heavy (non-hydrogen) atoms. The van der Waals surface area contributed by atoms with Crippen LogP contribution in [0.1, 0.15) is 5.69 Å². The molecule has 0 aliphatic heterocycles. The number of benzene rings is 2. The molecule has 13 heteroatoms. The van der Waals surface area contributed by atoms with Crippen LogP contribution in [-0.4, -0.2) is 45.7 Å². The number of amides is 2. The molecule has 5 aromatic rings. The van der Waals surface area contributed by atoms with Crippen LogP contribution in [0.25, 0.3) is 20.9 Å². The summed E-state index contributed by atoms with van der Waals surface area (Å²) in [6.07, 6.45) is 3.45. The Morgan fingerprint density at radius 2 is 1.93 bits per heavy atom. The number of rotatable bonds is 11. The molecule has 0 radical (unpaired) electrons. The number of hydrogen-bond donors (Lipinski definition) is 4. The number of nitrogens with one attached hydrogen (secondary N) is 3. The van der Waals surface area contributed by atoms with Crippen molar-refractivity contribution in [1.82, 2.24) is 19.9 Å². The molecule has 5 rings (SSSR count). The summed E-state index contributed by atoms with van der Waals surface area (Å²) in [4.78, 5) is 31.6. The van der Waals surface area contributed by atoms with Crippen molar-refractivity contribution in [2.24, 2.45) is 7.05 Å². The SMILES string of the molecule is COCCNCc1cnc(-c2cc3nccc(Oc4ccc(NC(=O)Nc5cccc(PO)c5)cc4F)c3s2)n1C. The van der Waals surface area contributed by atoms with Gasteiger partial charge in [0.2, 0.25) is 0 Å². The average Bonchev–Trinajstić information content (AvgIpc) is 3.56. The molecule has 2 amide bonds. The van der Waals surface area contributed by atoms with Crippen LogP contribution in [0.4, 0.5) is 20.6 Å². The fourth-order valence-corrected chi connectivity index (χ4v) is 5.56. The van der Waals surface area contributed by atoms with Crippen molar-refractivity contribution in [3.05, 3.63) is 78.5 Å². The number of hydrogen-bond acceptors (Lipinski definition) is 8. The Morgan fingerprint density at radius 3 is 2.71 bits per heavy atom. The Balaban J connectivity index is 1.29. The van der Waals surface area contributed by atoms with Crippen molar-refractivity contribution in [3.8, 4) is 22.2 Å². The van der Waals surface area contributed by atoms with Gasteiger partial charge in [-0.2, -0.15) is 0 Å². The maximum atomic E-state index is 15.0. The lowest BCUT2D eigenvalue weighted by molar-refractivity contribution is 0.199. The predicted octanol–water partition coefficient (Wildman–Crippen LogP) is 5.22. The van der Waals surface area contributed by atoms with E-state index in [0.29, 0.717) is 35.4 Å². The van der Waals surface area contributed by atoms with Crippen LogP contribution in [0.2, 0.25) is 0 Å². The zero-order chi connectivity index (χ0) is 28.8. The summed E-state index contributed by atoms with van der Waals surface area (Å²) in [6, 6.07) is 14.1. The van der Waals surface area contributed by atoms with Gasteiger partial charge in [-0.3, -0.25) is 4.98 Å². The zero-order valence-electron chi connectivity index (χ0n) is 22.3. The molecule has 0 aliphatic rings. The van der Waals surface area contributed by atoms with Crippen LogP contribution in [0.15, 0.2) is 67.0 Å². The lowest BCUT2D eigenvalue weighted by atomic mass is 10.3. The van der Waals surface area contributed by atoms with E-state index < -0.39 is 11.8 Å². The molecule has 3 aromatic heterocycles. The van der Waals surface area contributed by atoms with Gasteiger partial charge in [-0.1, -0.05) is 12.1 Å². The third kappa shape index (κ3) is 6.87. The van der Waals surface area contributed by atoms with Crippen molar-refractivity contribution in [2.45, 2.75) is 6.54 Å². The van der Waals surface area contributed by atoms with Crippen LogP contribution in [0.5, 0.6) is 11.5 Å². The number of pyridine rings is 1. The van der Waals surface area contributed by atoms with E-state index in [0.717, 1.165) is 27.6 Å². The highest BCUT2D eigenvalue weighted by Gasteiger charge is 2.17. The number of urea groups is 1. The number of methoxy groups -OCH3 is 1. The molecule has 212 valence electrons. The molecule has 4 N–H and O–H groups in total. The minimum absolute atomic E-state index is 0.0106. The summed E-state index contributed by atoms with van der Waals surface area (Å²) in [6.45, 7) is 2.03. The Morgan fingerprint density at radius 1 is 1.10 bits per heavy atom. The minimum Gasteiger partial charge on any atom is -0.453 e. The molecule has 10 nitrogen and oxygen atoms in total. The van der Waals surface area contributed by atoms with Crippen molar-refractivity contribution in [2.75, 3.05) is 30.9 Å². The van der Waals surface area contributed by atoms with Gasteiger partial charge in [-0.05, 0) is 30.3 Å². The van der Waals surface area contributed by atoms with Crippen molar-refractivity contribution in [1.29, 1.82) is 0 Å². The number of aromatic nitrogens is 3. The molecule has 0 fully saturated rings. The van der Waals surface area contributed by atoms with Crippen molar-refractivity contribution >= 4 is 53.1 Å². The molecular weight excluding hydrogens is 566 g/mol. The number of halogens is 1. The summed E-state index contributed by atoms with van der Waals surface area (Å²) >= 11 is 1.46. The van der Waals surface area contributed by atoms with Gasteiger partial charge in [-0.25, -0.2) is 14.2 Å². The molecule has 0 spiro atoms. The normalized spacial score (nSPS) is 11.4. The molecule has 2 aromatic carbocycles. The molecule has 1 unspecified atom stereocenters. The molecule has 1 atom stereocenters. The second-order valence-electron chi connectivity index (χ2n) is 8.95.